The Bertz CT molecular complexity index is 289. The molecule has 0 aromatic heterocycles. The topological polar surface area (TPSA) is 9.23 Å². The zero-order valence-corrected chi connectivity index (χ0v) is 12.3. The van der Waals surface area contributed by atoms with Crippen LogP contribution in [0.4, 0.5) is 0 Å². The van der Waals surface area contributed by atoms with E-state index in [2.05, 4.69) is 18.8 Å². The number of rotatable bonds is 0. The molecule has 1 nitrogen and oxygen atoms in total. The standard InChI is InChI=1S/C11H19ClOTe/c1-10(2)8-5-4-6-11(10)7-14(3,12)13-9(8)11/h8-9H,4-7H2,1-3H3. The van der Waals surface area contributed by atoms with Crippen molar-refractivity contribution in [2.75, 3.05) is 0 Å². The second-order valence-corrected chi connectivity index (χ2v) is 16.8. The molecule has 14 heavy (non-hydrogen) atoms. The van der Waals surface area contributed by atoms with Crippen molar-refractivity contribution in [2.24, 2.45) is 16.7 Å². The van der Waals surface area contributed by atoms with E-state index in [0.717, 1.165) is 5.92 Å². The minimum absolute atomic E-state index is 0.494. The molecule has 0 aromatic rings. The van der Waals surface area contributed by atoms with Crippen molar-refractivity contribution < 1.29 is 3.10 Å². The fourth-order valence-electron chi connectivity index (χ4n) is 4.23. The molecule has 3 fully saturated rings. The van der Waals surface area contributed by atoms with E-state index in [-0.39, 0.29) is 0 Å². The molecule has 4 unspecified atom stereocenters. The van der Waals surface area contributed by atoms with E-state index in [4.69, 9.17) is 12.1 Å². The number of fused-ring (bicyclic) bond motifs is 2. The molecule has 3 aliphatic rings. The summed E-state index contributed by atoms with van der Waals surface area (Å²) in [5.74, 6) is 0.808. The number of halogens is 1. The average Bonchev–Trinajstić information content (AvgIpc) is 2.32. The summed E-state index contributed by atoms with van der Waals surface area (Å²) in [6, 6.07) is 0. The van der Waals surface area contributed by atoms with Gasteiger partial charge in [0, 0.05) is 0 Å². The minimum atomic E-state index is -2.34. The summed E-state index contributed by atoms with van der Waals surface area (Å²) in [4.78, 5) is 2.22. The van der Waals surface area contributed by atoms with Crippen LogP contribution in [-0.4, -0.2) is 23.6 Å². The second kappa shape index (κ2) is 2.65. The maximum absolute atomic E-state index is 6.55. The summed E-state index contributed by atoms with van der Waals surface area (Å²) in [5, 5.41) is 0. The molecule has 4 atom stereocenters. The zero-order chi connectivity index (χ0) is 10.2. The van der Waals surface area contributed by atoms with Crippen LogP contribution >= 0.6 is 8.96 Å². The van der Waals surface area contributed by atoms with Gasteiger partial charge in [0.05, 0.1) is 0 Å². The van der Waals surface area contributed by atoms with Gasteiger partial charge in [-0.15, -0.1) is 0 Å². The average molecular weight is 330 g/mol. The van der Waals surface area contributed by atoms with Crippen molar-refractivity contribution in [3.8, 4) is 0 Å². The van der Waals surface area contributed by atoms with Gasteiger partial charge in [-0.05, 0) is 0 Å². The molecule has 2 aliphatic carbocycles. The summed E-state index contributed by atoms with van der Waals surface area (Å²) >= 11 is -2.34. The van der Waals surface area contributed by atoms with Gasteiger partial charge < -0.3 is 0 Å². The Balaban J connectivity index is 2.01. The van der Waals surface area contributed by atoms with Crippen molar-refractivity contribution >= 4 is 26.4 Å². The van der Waals surface area contributed by atoms with Crippen molar-refractivity contribution in [1.29, 1.82) is 0 Å². The molecular formula is C11H19ClOTe. The molecule has 0 radical (unpaired) electrons. The summed E-state index contributed by atoms with van der Waals surface area (Å²) in [6.45, 7) is 4.88. The molecule has 0 amide bonds. The molecule has 1 heterocycles. The van der Waals surface area contributed by atoms with Gasteiger partial charge >= 0.3 is 94.9 Å². The van der Waals surface area contributed by atoms with Gasteiger partial charge in [0.25, 0.3) is 0 Å². The number of hydrogen-bond donors (Lipinski definition) is 0. The van der Waals surface area contributed by atoms with Crippen LogP contribution in [-0.2, 0) is 3.10 Å². The third-order valence-electron chi connectivity index (χ3n) is 5.08. The summed E-state index contributed by atoms with van der Waals surface area (Å²) in [5.41, 5.74) is 1.00. The molecule has 1 spiro atoms. The number of hydrogen-bond acceptors (Lipinski definition) is 1. The van der Waals surface area contributed by atoms with Crippen LogP contribution in [0.25, 0.3) is 0 Å². The molecule has 1 aliphatic heterocycles. The van der Waals surface area contributed by atoms with Crippen molar-refractivity contribution in [3.63, 3.8) is 0 Å². The molecule has 3 rings (SSSR count). The van der Waals surface area contributed by atoms with Gasteiger partial charge in [0.1, 0.15) is 0 Å². The normalized spacial score (nSPS) is 63.7. The molecule has 0 N–H and O–H groups in total. The Labute approximate surface area is 94.6 Å². The van der Waals surface area contributed by atoms with Crippen LogP contribution in [0.3, 0.4) is 0 Å². The summed E-state index contributed by atoms with van der Waals surface area (Å²) < 4.78 is 7.44. The third kappa shape index (κ3) is 0.975. The molecular weight excluding hydrogens is 311 g/mol. The Kier molecular flexibility index (Phi) is 1.93. The SMILES string of the molecule is CC1(C)C2CCCC13C[Te](C)(Cl)OC23. The first-order valence-corrected chi connectivity index (χ1v) is 13.4. The predicted octanol–water partition coefficient (Wildman–Crippen LogP) is 3.52. The van der Waals surface area contributed by atoms with Crippen LogP contribution < -0.4 is 0 Å². The summed E-state index contributed by atoms with van der Waals surface area (Å²) in [6.07, 6.45) is 4.70. The first kappa shape index (κ1) is 10.2. The quantitative estimate of drug-likeness (QED) is 0.618. The molecule has 0 aromatic carbocycles. The summed E-state index contributed by atoms with van der Waals surface area (Å²) in [7, 11) is 6.55. The van der Waals surface area contributed by atoms with Crippen molar-refractivity contribution in [3.05, 3.63) is 0 Å². The van der Waals surface area contributed by atoms with Crippen LogP contribution in [0.1, 0.15) is 33.1 Å². The fourth-order valence-corrected chi connectivity index (χ4v) is 13.0. The third-order valence-corrected chi connectivity index (χ3v) is 11.0. The Morgan fingerprint density at radius 2 is 2.14 bits per heavy atom. The van der Waals surface area contributed by atoms with Gasteiger partial charge in [-0.2, -0.15) is 0 Å². The van der Waals surface area contributed by atoms with Crippen LogP contribution in [0, 0.1) is 16.7 Å². The van der Waals surface area contributed by atoms with E-state index in [0.29, 0.717) is 16.9 Å². The maximum atomic E-state index is 6.55. The van der Waals surface area contributed by atoms with Crippen molar-refractivity contribution in [1.82, 2.24) is 0 Å². The van der Waals surface area contributed by atoms with E-state index in [1.807, 2.05) is 0 Å². The van der Waals surface area contributed by atoms with E-state index in [1.165, 1.54) is 23.7 Å². The Morgan fingerprint density at radius 1 is 1.43 bits per heavy atom. The monoisotopic (exact) mass is 332 g/mol. The van der Waals surface area contributed by atoms with Gasteiger partial charge in [0.15, 0.2) is 0 Å². The van der Waals surface area contributed by atoms with Gasteiger partial charge in [-0.3, -0.25) is 0 Å². The van der Waals surface area contributed by atoms with Crippen LogP contribution in [0.15, 0.2) is 0 Å². The Morgan fingerprint density at radius 3 is 2.71 bits per heavy atom. The van der Waals surface area contributed by atoms with Gasteiger partial charge in [0.2, 0.25) is 0 Å². The second-order valence-electron chi connectivity index (χ2n) is 5.94. The van der Waals surface area contributed by atoms with E-state index in [1.54, 1.807) is 0 Å². The Hall–Kier alpha value is 1.04. The molecule has 2 bridgehead atoms. The van der Waals surface area contributed by atoms with E-state index >= 15 is 0 Å². The van der Waals surface area contributed by atoms with Crippen molar-refractivity contribution in [2.45, 2.75) is 48.7 Å². The molecule has 1 saturated heterocycles. The van der Waals surface area contributed by atoms with E-state index < -0.39 is 17.5 Å². The predicted molar refractivity (Wildman–Crippen MR) is 60.7 cm³/mol. The van der Waals surface area contributed by atoms with Crippen LogP contribution in [0.2, 0.25) is 9.44 Å². The van der Waals surface area contributed by atoms with Gasteiger partial charge in [-0.1, -0.05) is 0 Å². The first-order chi connectivity index (χ1) is 6.39. The molecule has 3 heteroatoms. The van der Waals surface area contributed by atoms with E-state index in [9.17, 15) is 0 Å². The zero-order valence-electron chi connectivity index (χ0n) is 9.18. The molecule has 82 valence electrons. The van der Waals surface area contributed by atoms with Crippen LogP contribution in [0.5, 0.6) is 0 Å². The molecule has 2 saturated carbocycles. The fraction of sp³-hybridized carbons (Fsp3) is 1.00. The van der Waals surface area contributed by atoms with Gasteiger partial charge in [-0.25, -0.2) is 0 Å². The first-order valence-electron chi connectivity index (χ1n) is 5.53.